The summed E-state index contributed by atoms with van der Waals surface area (Å²) in [7, 11) is 1.29. The number of benzene rings is 2. The largest absolute Gasteiger partial charge is 0.464 e. The van der Waals surface area contributed by atoms with Gasteiger partial charge < -0.3 is 18.9 Å². The van der Waals surface area contributed by atoms with Gasteiger partial charge in [-0.25, -0.2) is 4.79 Å². The van der Waals surface area contributed by atoms with Crippen LogP contribution in [0.5, 0.6) is 0 Å². The van der Waals surface area contributed by atoms with Gasteiger partial charge in [-0.3, -0.25) is 10.1 Å². The zero-order chi connectivity index (χ0) is 21.1. The first kappa shape index (κ1) is 19.7. The fourth-order valence-corrected chi connectivity index (χ4v) is 3.59. The van der Waals surface area contributed by atoms with Crippen molar-refractivity contribution in [3.8, 4) is 16.8 Å². The molecule has 1 aromatic heterocycles. The number of carbonyl (C=O) groups is 1. The van der Waals surface area contributed by atoms with E-state index in [-0.39, 0.29) is 11.4 Å². The minimum Gasteiger partial charge on any atom is -0.464 e. The number of carbonyl (C=O) groups excluding carboxylic acids is 1. The Kier molecular flexibility index (Phi) is 5.49. The van der Waals surface area contributed by atoms with Gasteiger partial charge in [0, 0.05) is 36.6 Å². The van der Waals surface area contributed by atoms with E-state index in [1.807, 2.05) is 41.3 Å². The quantitative estimate of drug-likeness (QED) is 0.364. The lowest BCUT2D eigenvalue weighted by Crippen LogP contribution is -2.36. The van der Waals surface area contributed by atoms with Crippen molar-refractivity contribution in [1.29, 1.82) is 0 Å². The highest BCUT2D eigenvalue weighted by Gasteiger charge is 2.24. The summed E-state index contributed by atoms with van der Waals surface area (Å²) in [5.41, 5.74) is 2.86. The van der Waals surface area contributed by atoms with E-state index in [2.05, 4.69) is 0 Å². The number of hydrogen-bond acceptors (Lipinski definition) is 6. The van der Waals surface area contributed by atoms with Gasteiger partial charge in [-0.2, -0.15) is 0 Å². The molecular weight excluding hydrogens is 386 g/mol. The molecule has 4 rings (SSSR count). The van der Waals surface area contributed by atoms with Crippen LogP contribution in [0.25, 0.3) is 16.8 Å². The molecule has 154 valence electrons. The monoisotopic (exact) mass is 407 g/mol. The Bertz CT molecular complexity index is 1070. The second-order valence-corrected chi connectivity index (χ2v) is 6.87. The van der Waals surface area contributed by atoms with Crippen molar-refractivity contribution in [2.45, 2.75) is 0 Å². The number of nitro groups is 1. The van der Waals surface area contributed by atoms with Crippen LogP contribution in [0.2, 0.25) is 0 Å². The average Bonchev–Trinajstić information content (AvgIpc) is 3.24. The zero-order valence-electron chi connectivity index (χ0n) is 16.5. The predicted octanol–water partition coefficient (Wildman–Crippen LogP) is 3.68. The van der Waals surface area contributed by atoms with Crippen molar-refractivity contribution >= 4 is 17.3 Å². The molecule has 0 aliphatic carbocycles. The highest BCUT2D eigenvalue weighted by molar-refractivity contribution is 5.91. The second kappa shape index (κ2) is 8.38. The van der Waals surface area contributed by atoms with Crippen LogP contribution in [0.3, 0.4) is 0 Å². The number of esters is 1. The van der Waals surface area contributed by atoms with Crippen LogP contribution in [0, 0.1) is 10.1 Å². The minimum absolute atomic E-state index is 0.0839. The predicted molar refractivity (Wildman–Crippen MR) is 112 cm³/mol. The number of nitrogens with zero attached hydrogens (tertiary/aromatic N) is 3. The molecule has 0 amide bonds. The van der Waals surface area contributed by atoms with Crippen LogP contribution in [0.4, 0.5) is 11.4 Å². The molecule has 3 aromatic rings. The molecule has 0 bridgehead atoms. The molecular formula is C22H21N3O5. The first-order valence-electron chi connectivity index (χ1n) is 9.56. The molecule has 1 saturated heterocycles. The molecule has 30 heavy (non-hydrogen) atoms. The van der Waals surface area contributed by atoms with E-state index in [1.54, 1.807) is 24.4 Å². The van der Waals surface area contributed by atoms with Crippen molar-refractivity contribution in [3.63, 3.8) is 0 Å². The van der Waals surface area contributed by atoms with E-state index in [9.17, 15) is 14.9 Å². The van der Waals surface area contributed by atoms with Crippen molar-refractivity contribution in [1.82, 2.24) is 4.57 Å². The first-order chi connectivity index (χ1) is 14.6. The number of methoxy groups -OCH3 is 1. The van der Waals surface area contributed by atoms with Crippen LogP contribution >= 0.6 is 0 Å². The third-order valence-electron chi connectivity index (χ3n) is 5.11. The zero-order valence-corrected chi connectivity index (χ0v) is 16.5. The topological polar surface area (TPSA) is 86.8 Å². The summed E-state index contributed by atoms with van der Waals surface area (Å²) in [5, 5.41) is 11.9. The number of hydrogen-bond donors (Lipinski definition) is 0. The normalized spacial score (nSPS) is 13.8. The first-order valence-corrected chi connectivity index (χ1v) is 9.56. The van der Waals surface area contributed by atoms with Gasteiger partial charge in [0.25, 0.3) is 5.69 Å². The highest BCUT2D eigenvalue weighted by Crippen LogP contribution is 2.33. The molecule has 0 saturated carbocycles. The van der Waals surface area contributed by atoms with Crippen molar-refractivity contribution in [2.75, 3.05) is 38.3 Å². The Morgan fingerprint density at radius 1 is 1.07 bits per heavy atom. The Labute approximate surface area is 173 Å². The van der Waals surface area contributed by atoms with Gasteiger partial charge in [0.15, 0.2) is 0 Å². The van der Waals surface area contributed by atoms with E-state index in [1.165, 1.54) is 11.7 Å². The third-order valence-corrected chi connectivity index (χ3v) is 5.11. The third kappa shape index (κ3) is 3.77. The molecule has 0 unspecified atom stereocenters. The van der Waals surface area contributed by atoms with Crippen LogP contribution in [-0.2, 0) is 9.47 Å². The summed E-state index contributed by atoms with van der Waals surface area (Å²) >= 11 is 0. The molecule has 2 aromatic carbocycles. The Morgan fingerprint density at radius 2 is 1.80 bits per heavy atom. The number of morpholine rings is 1. The molecule has 1 aliphatic rings. The van der Waals surface area contributed by atoms with Gasteiger partial charge >= 0.3 is 5.97 Å². The number of aromatic nitrogens is 1. The summed E-state index contributed by atoms with van der Waals surface area (Å²) in [6, 6.07) is 16.2. The number of ether oxygens (including phenoxy) is 2. The Hall–Kier alpha value is -3.65. The smallest absolute Gasteiger partial charge is 0.355 e. The van der Waals surface area contributed by atoms with Gasteiger partial charge in [0.05, 0.1) is 25.2 Å². The Morgan fingerprint density at radius 3 is 2.47 bits per heavy atom. The van der Waals surface area contributed by atoms with Gasteiger partial charge in [-0.15, -0.1) is 0 Å². The lowest BCUT2D eigenvalue weighted by atomic mass is 10.1. The lowest BCUT2D eigenvalue weighted by molar-refractivity contribution is -0.384. The van der Waals surface area contributed by atoms with Crippen LogP contribution in [0.15, 0.2) is 60.8 Å². The summed E-state index contributed by atoms with van der Waals surface area (Å²) in [6.45, 7) is 2.51. The fraction of sp³-hybridized carbons (Fsp3) is 0.227. The average molecular weight is 407 g/mol. The molecule has 2 heterocycles. The highest BCUT2D eigenvalue weighted by atomic mass is 16.6. The molecule has 0 atom stereocenters. The second-order valence-electron chi connectivity index (χ2n) is 6.87. The molecule has 8 nitrogen and oxygen atoms in total. The minimum atomic E-state index is -0.566. The number of nitro benzene ring substituents is 1. The standard InChI is InChI=1S/C22H21N3O5/c1-29-22(26)21-13-17(16-5-3-2-4-6-16)15-24(21)19-8-7-18(14-20(19)25(27)28)23-9-11-30-12-10-23/h2-8,13-15H,9-12H2,1H3. The number of anilines is 1. The van der Waals surface area contributed by atoms with Crippen molar-refractivity contribution in [2.24, 2.45) is 0 Å². The van der Waals surface area contributed by atoms with Gasteiger partial charge in [-0.1, -0.05) is 30.3 Å². The Balaban J connectivity index is 1.83. The van der Waals surface area contributed by atoms with Gasteiger partial charge in [0.1, 0.15) is 11.4 Å². The van der Waals surface area contributed by atoms with Crippen molar-refractivity contribution < 1.29 is 19.2 Å². The van der Waals surface area contributed by atoms with Crippen molar-refractivity contribution in [3.05, 3.63) is 76.6 Å². The van der Waals surface area contributed by atoms with Crippen LogP contribution < -0.4 is 4.90 Å². The lowest BCUT2D eigenvalue weighted by Gasteiger charge is -2.28. The van der Waals surface area contributed by atoms with Crippen LogP contribution in [0.1, 0.15) is 10.5 Å². The maximum atomic E-state index is 12.4. The van der Waals surface area contributed by atoms with E-state index < -0.39 is 10.9 Å². The fourth-order valence-electron chi connectivity index (χ4n) is 3.59. The number of rotatable bonds is 5. The maximum Gasteiger partial charge on any atom is 0.355 e. The van der Waals surface area contributed by atoms with Gasteiger partial charge in [0.2, 0.25) is 0 Å². The molecule has 1 fully saturated rings. The van der Waals surface area contributed by atoms with E-state index in [0.717, 1.165) is 16.8 Å². The van der Waals surface area contributed by atoms with Gasteiger partial charge in [-0.05, 0) is 23.8 Å². The SMILES string of the molecule is COC(=O)c1cc(-c2ccccc2)cn1-c1ccc(N2CCOCC2)cc1[N+](=O)[O-]. The molecule has 0 N–H and O–H groups in total. The summed E-state index contributed by atoms with van der Waals surface area (Å²) in [5.74, 6) is -0.566. The summed E-state index contributed by atoms with van der Waals surface area (Å²) < 4.78 is 11.8. The maximum absolute atomic E-state index is 12.4. The molecule has 0 radical (unpaired) electrons. The summed E-state index contributed by atoms with van der Waals surface area (Å²) in [6.07, 6.45) is 1.72. The van der Waals surface area contributed by atoms with Crippen LogP contribution in [-0.4, -0.2) is 48.9 Å². The van der Waals surface area contributed by atoms with E-state index >= 15 is 0 Å². The molecule has 1 aliphatic heterocycles. The van der Waals surface area contributed by atoms with E-state index in [0.29, 0.717) is 32.0 Å². The molecule has 0 spiro atoms. The summed E-state index contributed by atoms with van der Waals surface area (Å²) in [4.78, 5) is 25.9. The van der Waals surface area contributed by atoms with E-state index in [4.69, 9.17) is 9.47 Å². The molecule has 8 heteroatoms.